The van der Waals surface area contributed by atoms with E-state index < -0.39 is 0 Å². The zero-order chi connectivity index (χ0) is 14.3. The van der Waals surface area contributed by atoms with Gasteiger partial charge in [-0.15, -0.1) is 12.1 Å². The third-order valence-corrected chi connectivity index (χ3v) is 3.18. The van der Waals surface area contributed by atoms with E-state index in [0.717, 1.165) is 17.0 Å². The van der Waals surface area contributed by atoms with E-state index >= 15 is 0 Å². The van der Waals surface area contributed by atoms with E-state index in [1.807, 2.05) is 60.7 Å². The SMILES string of the molecule is [Fe+2].c1cc[cH-]c1.c1ccc(-c2cc(-[c-]3cccc3)[nH]n2)cc1. The number of rotatable bonds is 2. The molecule has 1 N–H and O–H groups in total. The van der Waals surface area contributed by atoms with Gasteiger partial charge in [-0.25, -0.2) is 12.1 Å². The molecule has 0 spiro atoms. The van der Waals surface area contributed by atoms with Gasteiger partial charge in [0, 0.05) is 0 Å². The molecule has 4 aromatic rings. The van der Waals surface area contributed by atoms with Crippen molar-refractivity contribution < 1.29 is 17.1 Å². The molecule has 1 heterocycles. The van der Waals surface area contributed by atoms with Crippen molar-refractivity contribution in [3.05, 3.63) is 91.0 Å². The Morgan fingerprint density at radius 3 is 2.14 bits per heavy atom. The van der Waals surface area contributed by atoms with E-state index in [-0.39, 0.29) is 17.1 Å². The molecule has 0 aliphatic heterocycles. The van der Waals surface area contributed by atoms with Gasteiger partial charge < -0.3 is 0 Å². The number of hydrogen-bond donors (Lipinski definition) is 1. The molecule has 0 fully saturated rings. The smallest absolute Gasteiger partial charge is 0.297 e. The van der Waals surface area contributed by atoms with Crippen LogP contribution in [0.15, 0.2) is 91.0 Å². The minimum Gasteiger partial charge on any atom is -0.297 e. The predicted molar refractivity (Wildman–Crippen MR) is 87.1 cm³/mol. The molecule has 0 aliphatic rings. The Balaban J connectivity index is 0.000000253. The Kier molecular flexibility index (Phi) is 5.96. The molecular weight excluding hydrogens is 312 g/mol. The van der Waals surface area contributed by atoms with Crippen LogP contribution in [0.1, 0.15) is 0 Å². The summed E-state index contributed by atoms with van der Waals surface area (Å²) in [4.78, 5) is 0. The maximum absolute atomic E-state index is 4.32. The van der Waals surface area contributed by atoms with Gasteiger partial charge in [0.05, 0.1) is 5.69 Å². The van der Waals surface area contributed by atoms with Gasteiger partial charge in [-0.2, -0.15) is 35.4 Å². The Labute approximate surface area is 141 Å². The van der Waals surface area contributed by atoms with Crippen molar-refractivity contribution in [2.24, 2.45) is 0 Å². The average Bonchev–Trinajstić information content (AvgIpc) is 3.30. The number of hydrogen-bond acceptors (Lipinski definition) is 1. The van der Waals surface area contributed by atoms with Crippen LogP contribution in [0.3, 0.4) is 0 Å². The van der Waals surface area contributed by atoms with E-state index in [1.165, 1.54) is 5.56 Å². The minimum absolute atomic E-state index is 0. The second-order valence-electron chi connectivity index (χ2n) is 4.67. The second-order valence-corrected chi connectivity index (χ2v) is 4.67. The van der Waals surface area contributed by atoms with Crippen molar-refractivity contribution in [3.63, 3.8) is 0 Å². The van der Waals surface area contributed by atoms with Gasteiger partial charge >= 0.3 is 17.1 Å². The molecule has 0 saturated carbocycles. The molecule has 0 aliphatic carbocycles. The van der Waals surface area contributed by atoms with Gasteiger partial charge in [0.25, 0.3) is 0 Å². The molecule has 0 radical (unpaired) electrons. The summed E-state index contributed by atoms with van der Waals surface area (Å²) < 4.78 is 0. The first kappa shape index (κ1) is 16.0. The van der Waals surface area contributed by atoms with E-state index in [9.17, 15) is 0 Å². The van der Waals surface area contributed by atoms with Crippen LogP contribution < -0.4 is 0 Å². The molecule has 0 atom stereocenters. The largest absolute Gasteiger partial charge is 2.00 e. The summed E-state index contributed by atoms with van der Waals surface area (Å²) >= 11 is 0. The van der Waals surface area contributed by atoms with Crippen molar-refractivity contribution in [2.75, 3.05) is 0 Å². The van der Waals surface area contributed by atoms with Crippen LogP contribution in [0.4, 0.5) is 0 Å². The van der Waals surface area contributed by atoms with Crippen LogP contribution in [-0.2, 0) is 17.1 Å². The number of nitrogens with one attached hydrogen (secondary N) is 1. The summed E-state index contributed by atoms with van der Waals surface area (Å²) in [5.41, 5.74) is 4.35. The third kappa shape index (κ3) is 4.08. The topological polar surface area (TPSA) is 28.7 Å². The van der Waals surface area contributed by atoms with Crippen LogP contribution in [0.5, 0.6) is 0 Å². The monoisotopic (exact) mass is 328 g/mol. The minimum atomic E-state index is 0. The third-order valence-electron chi connectivity index (χ3n) is 3.18. The molecule has 0 amide bonds. The Hall–Kier alpha value is -2.35. The first-order chi connectivity index (χ1) is 10.4. The van der Waals surface area contributed by atoms with Crippen molar-refractivity contribution in [1.82, 2.24) is 10.2 Å². The zero-order valence-corrected chi connectivity index (χ0v) is 13.1. The fourth-order valence-corrected chi connectivity index (χ4v) is 2.10. The molecular formula is C19H16FeN2. The number of aromatic nitrogens is 2. The van der Waals surface area contributed by atoms with Gasteiger partial charge in [-0.05, 0) is 11.3 Å². The molecule has 3 heteroatoms. The van der Waals surface area contributed by atoms with Crippen LogP contribution >= 0.6 is 0 Å². The second kappa shape index (κ2) is 8.18. The Morgan fingerprint density at radius 1 is 0.864 bits per heavy atom. The Bertz CT molecular complexity index is 721. The van der Waals surface area contributed by atoms with Gasteiger partial charge in [0.1, 0.15) is 0 Å². The van der Waals surface area contributed by atoms with Crippen LogP contribution in [0.2, 0.25) is 0 Å². The molecule has 4 rings (SSSR count). The number of H-pyrrole nitrogens is 1. The molecule has 0 saturated heterocycles. The number of benzene rings is 1. The molecule has 2 nitrogen and oxygen atoms in total. The zero-order valence-electron chi connectivity index (χ0n) is 12.0. The van der Waals surface area contributed by atoms with Gasteiger partial charge in [-0.3, -0.25) is 5.10 Å². The molecule has 110 valence electrons. The maximum atomic E-state index is 4.32. The summed E-state index contributed by atoms with van der Waals surface area (Å²) in [5, 5.41) is 7.37. The van der Waals surface area contributed by atoms with E-state index in [2.05, 4.69) is 40.5 Å². The number of nitrogens with zero attached hydrogens (tertiary/aromatic N) is 1. The predicted octanol–water partition coefficient (Wildman–Crippen LogP) is 4.87. The van der Waals surface area contributed by atoms with E-state index in [1.54, 1.807) is 0 Å². The summed E-state index contributed by atoms with van der Waals surface area (Å²) in [6.45, 7) is 0. The summed E-state index contributed by atoms with van der Waals surface area (Å²) in [6.07, 6.45) is 0. The van der Waals surface area contributed by atoms with Crippen LogP contribution in [0, 0.1) is 0 Å². The van der Waals surface area contributed by atoms with Crippen LogP contribution in [0.25, 0.3) is 22.5 Å². The van der Waals surface area contributed by atoms with Crippen molar-refractivity contribution in [2.45, 2.75) is 0 Å². The molecule has 0 bridgehead atoms. The summed E-state index contributed by atoms with van der Waals surface area (Å²) in [6, 6.07) is 30.4. The Morgan fingerprint density at radius 2 is 1.55 bits per heavy atom. The first-order valence-corrected chi connectivity index (χ1v) is 6.93. The number of aromatic amines is 1. The van der Waals surface area contributed by atoms with E-state index in [0.29, 0.717) is 0 Å². The average molecular weight is 328 g/mol. The van der Waals surface area contributed by atoms with Crippen molar-refractivity contribution in [1.29, 1.82) is 0 Å². The molecule has 22 heavy (non-hydrogen) atoms. The van der Waals surface area contributed by atoms with E-state index in [4.69, 9.17) is 0 Å². The van der Waals surface area contributed by atoms with Crippen LogP contribution in [-0.4, -0.2) is 10.2 Å². The maximum Gasteiger partial charge on any atom is 2.00 e. The van der Waals surface area contributed by atoms with Gasteiger partial charge in [0.15, 0.2) is 0 Å². The summed E-state index contributed by atoms with van der Waals surface area (Å²) in [5.74, 6) is 0. The quantitative estimate of drug-likeness (QED) is 0.413. The van der Waals surface area contributed by atoms with Crippen molar-refractivity contribution >= 4 is 0 Å². The molecule has 3 aromatic carbocycles. The van der Waals surface area contributed by atoms with Gasteiger partial charge in [0.2, 0.25) is 0 Å². The summed E-state index contributed by atoms with van der Waals surface area (Å²) in [7, 11) is 0. The fourth-order valence-electron chi connectivity index (χ4n) is 2.10. The molecule has 0 unspecified atom stereocenters. The fraction of sp³-hybridized carbons (Fsp3) is 0. The molecule has 1 aromatic heterocycles. The first-order valence-electron chi connectivity index (χ1n) is 6.93. The van der Waals surface area contributed by atoms with Gasteiger partial charge in [-0.1, -0.05) is 42.0 Å². The standard InChI is InChI=1S/C14H11N2.C5H5.Fe/c1-2-6-11(7-3-1)13-10-14(16-15-13)12-8-4-5-9-12;1-2-4-5-3-1;/h1-10H,(H,15,16);1-5H;/q2*-1;+2. The van der Waals surface area contributed by atoms with Crippen molar-refractivity contribution in [3.8, 4) is 22.5 Å². The normalized spacial score (nSPS) is 9.45.